The van der Waals surface area contributed by atoms with Crippen LogP contribution in [0.3, 0.4) is 0 Å². The molecule has 96 valence electrons. The van der Waals surface area contributed by atoms with Crippen LogP contribution in [0.1, 0.15) is 11.1 Å². The van der Waals surface area contributed by atoms with Crippen molar-refractivity contribution in [2.75, 3.05) is 0 Å². The molecule has 0 spiro atoms. The second-order valence-corrected chi connectivity index (χ2v) is 4.77. The van der Waals surface area contributed by atoms with E-state index in [0.29, 0.717) is 6.01 Å². The number of benzene rings is 2. The van der Waals surface area contributed by atoms with Crippen molar-refractivity contribution >= 4 is 11.0 Å². The molecular formula is C16H16N2O. The number of nitrogens with zero attached hydrogens (tertiary/aromatic N) is 2. The Hall–Kier alpha value is -2.29. The molecule has 0 bridgehead atoms. The van der Waals surface area contributed by atoms with Gasteiger partial charge in [0.05, 0.1) is 11.0 Å². The Bertz CT molecular complexity index is 723. The van der Waals surface area contributed by atoms with E-state index in [1.807, 2.05) is 67.9 Å². The van der Waals surface area contributed by atoms with Gasteiger partial charge in [0, 0.05) is 7.05 Å². The molecule has 0 saturated heterocycles. The standard InChI is InChI=1S/C16H16N2O/c1-11-7-6-8-12(2)15(11)19-16-17-13-9-4-5-10-14(13)18(16)3/h4-10H,1-3H3. The van der Waals surface area contributed by atoms with Gasteiger partial charge in [0.1, 0.15) is 5.75 Å². The molecule has 0 amide bonds. The number of fused-ring (bicyclic) bond motifs is 1. The predicted molar refractivity (Wildman–Crippen MR) is 76.7 cm³/mol. The van der Waals surface area contributed by atoms with Gasteiger partial charge in [-0.25, -0.2) is 0 Å². The van der Waals surface area contributed by atoms with Crippen LogP contribution in [0.25, 0.3) is 11.0 Å². The van der Waals surface area contributed by atoms with Crippen LogP contribution in [-0.2, 0) is 7.05 Å². The summed E-state index contributed by atoms with van der Waals surface area (Å²) in [6, 6.07) is 14.8. The van der Waals surface area contributed by atoms with Crippen molar-refractivity contribution in [2.24, 2.45) is 7.05 Å². The minimum absolute atomic E-state index is 0.624. The second kappa shape index (κ2) is 4.43. The Labute approximate surface area is 112 Å². The highest BCUT2D eigenvalue weighted by molar-refractivity contribution is 5.76. The number of aromatic nitrogens is 2. The van der Waals surface area contributed by atoms with E-state index in [9.17, 15) is 0 Å². The first-order valence-corrected chi connectivity index (χ1v) is 6.32. The van der Waals surface area contributed by atoms with E-state index >= 15 is 0 Å². The smallest absolute Gasteiger partial charge is 0.302 e. The number of para-hydroxylation sites is 3. The quantitative estimate of drug-likeness (QED) is 0.689. The Morgan fingerprint density at radius 1 is 0.947 bits per heavy atom. The molecule has 1 heterocycles. The van der Waals surface area contributed by atoms with Crippen molar-refractivity contribution < 1.29 is 4.74 Å². The Morgan fingerprint density at radius 2 is 1.63 bits per heavy atom. The second-order valence-electron chi connectivity index (χ2n) is 4.77. The van der Waals surface area contributed by atoms with Gasteiger partial charge >= 0.3 is 6.01 Å². The average Bonchev–Trinajstić information content (AvgIpc) is 2.72. The molecule has 0 aliphatic rings. The largest absolute Gasteiger partial charge is 0.425 e. The van der Waals surface area contributed by atoms with Crippen LogP contribution in [0, 0.1) is 13.8 Å². The van der Waals surface area contributed by atoms with Gasteiger partial charge in [0.15, 0.2) is 0 Å². The zero-order chi connectivity index (χ0) is 13.4. The van der Waals surface area contributed by atoms with Gasteiger partial charge in [0.25, 0.3) is 0 Å². The molecule has 3 rings (SSSR count). The fraction of sp³-hybridized carbons (Fsp3) is 0.188. The summed E-state index contributed by atoms with van der Waals surface area (Å²) in [4.78, 5) is 4.53. The molecule has 0 aliphatic heterocycles. The van der Waals surface area contributed by atoms with Crippen LogP contribution in [-0.4, -0.2) is 9.55 Å². The average molecular weight is 252 g/mol. The summed E-state index contributed by atoms with van der Waals surface area (Å²) >= 11 is 0. The van der Waals surface area contributed by atoms with Crippen LogP contribution in [0.15, 0.2) is 42.5 Å². The molecule has 0 radical (unpaired) electrons. The Kier molecular flexibility index (Phi) is 2.75. The van der Waals surface area contributed by atoms with Crippen molar-refractivity contribution in [2.45, 2.75) is 13.8 Å². The molecule has 0 N–H and O–H groups in total. The minimum Gasteiger partial charge on any atom is -0.425 e. The van der Waals surface area contributed by atoms with Gasteiger partial charge in [0.2, 0.25) is 0 Å². The lowest BCUT2D eigenvalue weighted by atomic mass is 10.1. The Balaban J connectivity index is 2.09. The third-order valence-corrected chi connectivity index (χ3v) is 3.35. The lowest BCUT2D eigenvalue weighted by Crippen LogP contribution is -1.97. The summed E-state index contributed by atoms with van der Waals surface area (Å²) in [5.74, 6) is 0.890. The molecule has 19 heavy (non-hydrogen) atoms. The van der Waals surface area contributed by atoms with Crippen molar-refractivity contribution in [3.63, 3.8) is 0 Å². The summed E-state index contributed by atoms with van der Waals surface area (Å²) in [6.07, 6.45) is 0. The first-order chi connectivity index (χ1) is 9.16. The van der Waals surface area contributed by atoms with E-state index in [1.54, 1.807) is 0 Å². The number of hydrogen-bond donors (Lipinski definition) is 0. The molecule has 0 unspecified atom stereocenters. The third kappa shape index (κ3) is 1.97. The van der Waals surface area contributed by atoms with Crippen molar-refractivity contribution in [3.05, 3.63) is 53.6 Å². The molecule has 0 saturated carbocycles. The molecule has 2 aromatic carbocycles. The highest BCUT2D eigenvalue weighted by Gasteiger charge is 2.11. The van der Waals surface area contributed by atoms with Gasteiger partial charge in [-0.1, -0.05) is 30.3 Å². The van der Waals surface area contributed by atoms with Gasteiger partial charge in [-0.05, 0) is 37.1 Å². The lowest BCUT2D eigenvalue weighted by Gasteiger charge is -2.10. The highest BCUT2D eigenvalue weighted by Crippen LogP contribution is 2.29. The van der Waals surface area contributed by atoms with Crippen LogP contribution in [0.4, 0.5) is 0 Å². The summed E-state index contributed by atoms with van der Waals surface area (Å²) in [7, 11) is 1.97. The first kappa shape index (κ1) is 11.8. The maximum Gasteiger partial charge on any atom is 0.302 e. The molecule has 0 fully saturated rings. The maximum atomic E-state index is 6.01. The van der Waals surface area contributed by atoms with E-state index in [1.165, 1.54) is 0 Å². The zero-order valence-corrected chi connectivity index (χ0v) is 11.3. The molecule has 3 aromatic rings. The molecule has 0 atom stereocenters. The molecule has 3 heteroatoms. The molecule has 1 aromatic heterocycles. The summed E-state index contributed by atoms with van der Waals surface area (Å²) in [6.45, 7) is 4.09. The van der Waals surface area contributed by atoms with E-state index in [-0.39, 0.29) is 0 Å². The summed E-state index contributed by atoms with van der Waals surface area (Å²) in [5, 5.41) is 0. The van der Waals surface area contributed by atoms with E-state index < -0.39 is 0 Å². The van der Waals surface area contributed by atoms with Crippen molar-refractivity contribution in [1.29, 1.82) is 0 Å². The van der Waals surface area contributed by atoms with Gasteiger partial charge in [-0.2, -0.15) is 4.98 Å². The Morgan fingerprint density at radius 3 is 2.32 bits per heavy atom. The maximum absolute atomic E-state index is 6.01. The zero-order valence-electron chi connectivity index (χ0n) is 11.3. The molecule has 3 nitrogen and oxygen atoms in total. The van der Waals surface area contributed by atoms with Gasteiger partial charge in [-0.3, -0.25) is 4.57 Å². The monoisotopic (exact) mass is 252 g/mol. The van der Waals surface area contributed by atoms with Gasteiger partial charge in [-0.15, -0.1) is 0 Å². The van der Waals surface area contributed by atoms with Crippen molar-refractivity contribution in [1.82, 2.24) is 9.55 Å². The van der Waals surface area contributed by atoms with Crippen LogP contribution < -0.4 is 4.74 Å². The number of rotatable bonds is 2. The third-order valence-electron chi connectivity index (χ3n) is 3.35. The van der Waals surface area contributed by atoms with E-state index in [0.717, 1.165) is 27.9 Å². The predicted octanol–water partition coefficient (Wildman–Crippen LogP) is 3.98. The lowest BCUT2D eigenvalue weighted by molar-refractivity contribution is 0.422. The van der Waals surface area contributed by atoms with E-state index in [4.69, 9.17) is 4.74 Å². The number of imidazole rings is 1. The molecule has 0 aliphatic carbocycles. The van der Waals surface area contributed by atoms with Crippen molar-refractivity contribution in [3.8, 4) is 11.8 Å². The summed E-state index contributed by atoms with van der Waals surface area (Å²) in [5.41, 5.74) is 4.26. The first-order valence-electron chi connectivity index (χ1n) is 6.32. The van der Waals surface area contributed by atoms with Crippen LogP contribution >= 0.6 is 0 Å². The minimum atomic E-state index is 0.624. The number of ether oxygens (including phenoxy) is 1. The van der Waals surface area contributed by atoms with E-state index in [2.05, 4.69) is 4.98 Å². The fourth-order valence-electron chi connectivity index (χ4n) is 2.27. The SMILES string of the molecule is Cc1cccc(C)c1Oc1nc2ccccc2n1C. The highest BCUT2D eigenvalue weighted by atomic mass is 16.5. The fourth-order valence-corrected chi connectivity index (χ4v) is 2.27. The number of hydrogen-bond acceptors (Lipinski definition) is 2. The van der Waals surface area contributed by atoms with Gasteiger partial charge < -0.3 is 4.74 Å². The molecular weight excluding hydrogens is 236 g/mol. The number of aryl methyl sites for hydroxylation is 3. The van der Waals surface area contributed by atoms with Crippen LogP contribution in [0.5, 0.6) is 11.8 Å². The van der Waals surface area contributed by atoms with Crippen LogP contribution in [0.2, 0.25) is 0 Å². The summed E-state index contributed by atoms with van der Waals surface area (Å²) < 4.78 is 7.98. The topological polar surface area (TPSA) is 27.1 Å². The normalized spacial score (nSPS) is 10.9.